The number of nitrogens with one attached hydrogen (secondary N) is 1. The highest BCUT2D eigenvalue weighted by Gasteiger charge is 2.34. The van der Waals surface area contributed by atoms with E-state index >= 15 is 0 Å². The second-order valence-electron chi connectivity index (χ2n) is 5.81. The summed E-state index contributed by atoms with van der Waals surface area (Å²) in [6, 6.07) is 0. The van der Waals surface area contributed by atoms with Gasteiger partial charge < -0.3 is 10.1 Å². The van der Waals surface area contributed by atoms with Crippen molar-refractivity contribution in [1.82, 2.24) is 4.98 Å². The van der Waals surface area contributed by atoms with Crippen molar-refractivity contribution in [3.05, 3.63) is 4.88 Å². The lowest BCUT2D eigenvalue weighted by atomic mass is 9.96. The zero-order valence-corrected chi connectivity index (χ0v) is 14.2. The van der Waals surface area contributed by atoms with Crippen molar-refractivity contribution in [2.75, 3.05) is 24.8 Å². The summed E-state index contributed by atoms with van der Waals surface area (Å²) in [4.78, 5) is 29.6. The topological polar surface area (TPSA) is 68.3 Å². The molecular formula is C15H20N2O3S2. The predicted octanol–water partition coefficient (Wildman–Crippen LogP) is 3.21. The number of thiazole rings is 1. The summed E-state index contributed by atoms with van der Waals surface area (Å²) >= 11 is 2.90. The smallest absolute Gasteiger partial charge is 0.225 e. The van der Waals surface area contributed by atoms with E-state index in [2.05, 4.69) is 10.3 Å². The van der Waals surface area contributed by atoms with E-state index in [0.29, 0.717) is 23.0 Å². The molecule has 120 valence electrons. The quantitative estimate of drug-likeness (QED) is 0.636. The molecule has 1 saturated heterocycles. The van der Waals surface area contributed by atoms with Gasteiger partial charge in [-0.05, 0) is 37.9 Å². The molecule has 0 aromatic carbocycles. The number of anilines is 1. The largest absolute Gasteiger partial charge is 0.381 e. The van der Waals surface area contributed by atoms with Gasteiger partial charge in [0.2, 0.25) is 5.91 Å². The third kappa shape index (κ3) is 3.88. The van der Waals surface area contributed by atoms with Crippen molar-refractivity contribution >= 4 is 40.6 Å². The van der Waals surface area contributed by atoms with Crippen LogP contribution in [0.25, 0.3) is 0 Å². The van der Waals surface area contributed by atoms with Gasteiger partial charge in [0, 0.05) is 25.6 Å². The first-order chi connectivity index (χ1) is 10.7. The Morgan fingerprint density at radius 3 is 2.68 bits per heavy atom. The van der Waals surface area contributed by atoms with Gasteiger partial charge in [-0.2, -0.15) is 0 Å². The summed E-state index contributed by atoms with van der Waals surface area (Å²) in [6.45, 7) is 1.47. The number of aromatic nitrogens is 1. The Morgan fingerprint density at radius 2 is 2.05 bits per heavy atom. The number of amides is 1. The molecule has 0 unspecified atom stereocenters. The molecule has 5 nitrogen and oxygen atoms in total. The van der Waals surface area contributed by atoms with Crippen LogP contribution in [0, 0.1) is 11.8 Å². The van der Waals surface area contributed by atoms with E-state index in [9.17, 15) is 9.59 Å². The molecule has 2 fully saturated rings. The Kier molecular flexibility index (Phi) is 5.15. The van der Waals surface area contributed by atoms with Gasteiger partial charge in [-0.25, -0.2) is 4.98 Å². The maximum absolute atomic E-state index is 12.3. The molecule has 1 aromatic heterocycles. The Labute approximate surface area is 138 Å². The first kappa shape index (κ1) is 16.0. The Hall–Kier alpha value is -0.920. The first-order valence-electron chi connectivity index (χ1n) is 7.64. The highest BCUT2D eigenvalue weighted by Crippen LogP contribution is 2.38. The number of nitrogens with zero attached hydrogens (tertiary/aromatic N) is 1. The van der Waals surface area contributed by atoms with Gasteiger partial charge in [0.05, 0.1) is 0 Å². The molecule has 22 heavy (non-hydrogen) atoms. The molecule has 0 atom stereocenters. The lowest BCUT2D eigenvalue weighted by Gasteiger charge is -2.21. The summed E-state index contributed by atoms with van der Waals surface area (Å²) in [5.74, 6) is 1.06. The minimum atomic E-state index is -0.0466. The van der Waals surface area contributed by atoms with Gasteiger partial charge in [-0.3, -0.25) is 9.59 Å². The maximum atomic E-state index is 12.3. The van der Waals surface area contributed by atoms with Crippen LogP contribution in [-0.4, -0.2) is 36.1 Å². The number of Topliss-reactive ketones (excluding diaryl/α,β-unsaturated/α-hetero) is 1. The van der Waals surface area contributed by atoms with Gasteiger partial charge in [0.25, 0.3) is 0 Å². The number of carbonyl (C=O) groups is 2. The summed E-state index contributed by atoms with van der Waals surface area (Å²) in [7, 11) is 0. The van der Waals surface area contributed by atoms with E-state index in [4.69, 9.17) is 4.74 Å². The fourth-order valence-electron chi connectivity index (χ4n) is 2.57. The molecule has 1 aliphatic heterocycles. The van der Waals surface area contributed by atoms with E-state index < -0.39 is 0 Å². The van der Waals surface area contributed by atoms with E-state index in [-0.39, 0.29) is 17.6 Å². The molecule has 2 aliphatic rings. The average Bonchev–Trinajstić information content (AvgIpc) is 3.29. The normalized spacial score (nSPS) is 19.1. The molecule has 0 spiro atoms. The molecule has 1 N–H and O–H groups in total. The van der Waals surface area contributed by atoms with Crippen LogP contribution in [0.4, 0.5) is 5.82 Å². The van der Waals surface area contributed by atoms with Crippen LogP contribution in [0.2, 0.25) is 0 Å². The van der Waals surface area contributed by atoms with Crippen molar-refractivity contribution in [1.29, 1.82) is 0 Å². The number of thioether (sulfide) groups is 1. The van der Waals surface area contributed by atoms with Crippen molar-refractivity contribution in [2.24, 2.45) is 11.8 Å². The Bertz CT molecular complexity index is 563. The molecule has 0 bridgehead atoms. The number of carbonyl (C=O) groups excluding carboxylic acids is 2. The monoisotopic (exact) mass is 340 g/mol. The van der Waals surface area contributed by atoms with Gasteiger partial charge in [0.15, 0.2) is 15.9 Å². The van der Waals surface area contributed by atoms with Gasteiger partial charge >= 0.3 is 0 Å². The third-order valence-electron chi connectivity index (χ3n) is 4.03. The van der Waals surface area contributed by atoms with Crippen LogP contribution in [0.1, 0.15) is 41.8 Å². The van der Waals surface area contributed by atoms with Crippen LogP contribution in [0.3, 0.4) is 0 Å². The van der Waals surface area contributed by atoms with Crippen molar-refractivity contribution in [3.8, 4) is 0 Å². The lowest BCUT2D eigenvalue weighted by molar-refractivity contribution is -0.117. The van der Waals surface area contributed by atoms with Gasteiger partial charge in [0.1, 0.15) is 4.88 Å². The predicted molar refractivity (Wildman–Crippen MR) is 87.7 cm³/mol. The van der Waals surface area contributed by atoms with Crippen LogP contribution in [0.5, 0.6) is 0 Å². The van der Waals surface area contributed by atoms with E-state index in [1.807, 2.05) is 6.26 Å². The maximum Gasteiger partial charge on any atom is 0.225 e. The van der Waals surface area contributed by atoms with Gasteiger partial charge in [-0.15, -0.1) is 11.3 Å². The second-order valence-corrected chi connectivity index (χ2v) is 7.86. The molecule has 1 amide bonds. The average molecular weight is 340 g/mol. The highest BCUT2D eigenvalue weighted by molar-refractivity contribution is 8.00. The van der Waals surface area contributed by atoms with Crippen LogP contribution < -0.4 is 5.32 Å². The van der Waals surface area contributed by atoms with E-state index in [0.717, 1.165) is 43.2 Å². The van der Waals surface area contributed by atoms with Crippen LogP contribution in [0.15, 0.2) is 4.34 Å². The van der Waals surface area contributed by atoms with Crippen LogP contribution >= 0.6 is 23.1 Å². The first-order valence-corrected chi connectivity index (χ1v) is 9.68. The fourth-order valence-corrected chi connectivity index (χ4v) is 4.10. The number of ether oxygens (including phenoxy) is 1. The number of rotatable bonds is 6. The summed E-state index contributed by atoms with van der Waals surface area (Å²) in [5.41, 5.74) is 0. The van der Waals surface area contributed by atoms with E-state index in [1.165, 1.54) is 23.1 Å². The van der Waals surface area contributed by atoms with Crippen LogP contribution in [-0.2, 0) is 9.53 Å². The molecule has 3 rings (SSSR count). The minimum absolute atomic E-state index is 0.0466. The number of hydrogen-bond acceptors (Lipinski definition) is 6. The number of hydrogen-bond donors (Lipinski definition) is 1. The van der Waals surface area contributed by atoms with Crippen molar-refractivity contribution in [2.45, 2.75) is 36.4 Å². The zero-order valence-electron chi connectivity index (χ0n) is 12.6. The molecule has 1 saturated carbocycles. The molecule has 2 heterocycles. The molecule has 1 aliphatic carbocycles. The summed E-state index contributed by atoms with van der Waals surface area (Å²) < 4.78 is 6.14. The molecular weight excluding hydrogens is 320 g/mol. The SMILES string of the molecule is CSc1nc(NC(=O)CC2CCOCC2)c(C(=O)C2CC2)s1. The van der Waals surface area contributed by atoms with Gasteiger partial charge in [-0.1, -0.05) is 11.8 Å². The third-order valence-corrected chi connectivity index (χ3v) is 6.08. The summed E-state index contributed by atoms with van der Waals surface area (Å²) in [6.07, 6.45) is 6.18. The van der Waals surface area contributed by atoms with Crippen molar-refractivity contribution in [3.63, 3.8) is 0 Å². The fraction of sp³-hybridized carbons (Fsp3) is 0.667. The second kappa shape index (κ2) is 7.10. The summed E-state index contributed by atoms with van der Waals surface area (Å²) in [5, 5.41) is 2.86. The molecule has 7 heteroatoms. The lowest BCUT2D eigenvalue weighted by Crippen LogP contribution is -2.23. The van der Waals surface area contributed by atoms with E-state index in [1.54, 1.807) is 0 Å². The minimum Gasteiger partial charge on any atom is -0.381 e. The Balaban J connectivity index is 1.66. The highest BCUT2D eigenvalue weighted by atomic mass is 32.2. The number of ketones is 1. The van der Waals surface area contributed by atoms with Crippen molar-refractivity contribution < 1.29 is 14.3 Å². The molecule has 1 aromatic rings. The molecule has 0 radical (unpaired) electrons. The standard InChI is InChI=1S/C15H20N2O3S2/c1-21-15-17-14(13(22-15)12(19)10-2-3-10)16-11(18)8-9-4-6-20-7-5-9/h9-10H,2-8H2,1H3,(H,16,18). The Morgan fingerprint density at radius 1 is 1.32 bits per heavy atom. The zero-order chi connectivity index (χ0) is 15.5.